The molecule has 3 nitrogen and oxygen atoms in total. The molecule has 0 fully saturated rings. The van der Waals surface area contributed by atoms with Gasteiger partial charge in [0.25, 0.3) is 0 Å². The summed E-state index contributed by atoms with van der Waals surface area (Å²) < 4.78 is 5.38. The van der Waals surface area contributed by atoms with E-state index in [1.807, 2.05) is 45.0 Å². The topological polar surface area (TPSA) is 41.5 Å². The van der Waals surface area contributed by atoms with Gasteiger partial charge in [-0.15, -0.1) is 0 Å². The molecule has 1 rings (SSSR count). The lowest BCUT2D eigenvalue weighted by Crippen LogP contribution is -2.42. The summed E-state index contributed by atoms with van der Waals surface area (Å²) in [6.07, 6.45) is 0. The molecule has 0 aliphatic heterocycles. The molecule has 1 unspecified atom stereocenters. The van der Waals surface area contributed by atoms with Crippen LogP contribution in [0.2, 0.25) is 0 Å². The van der Waals surface area contributed by atoms with Gasteiger partial charge in [-0.1, -0.05) is 19.1 Å². The van der Waals surface area contributed by atoms with Crippen molar-refractivity contribution in [2.45, 2.75) is 26.3 Å². The zero-order valence-corrected chi connectivity index (χ0v) is 10.3. The lowest BCUT2D eigenvalue weighted by atomic mass is 9.93. The van der Waals surface area contributed by atoms with E-state index < -0.39 is 0 Å². The van der Waals surface area contributed by atoms with E-state index in [1.54, 1.807) is 0 Å². The van der Waals surface area contributed by atoms with Crippen LogP contribution in [0, 0.1) is 0 Å². The molecular formula is C13H21NO2. The summed E-state index contributed by atoms with van der Waals surface area (Å²) in [7, 11) is 0. The molecule has 0 amide bonds. The van der Waals surface area contributed by atoms with Gasteiger partial charge in [0.15, 0.2) is 0 Å². The van der Waals surface area contributed by atoms with Crippen molar-refractivity contribution in [1.29, 1.82) is 0 Å². The number of likely N-dealkylation sites (N-methyl/N-ethyl adjacent to an activating group) is 1. The van der Waals surface area contributed by atoms with E-state index in [1.165, 1.54) is 0 Å². The molecule has 1 aromatic carbocycles. The van der Waals surface area contributed by atoms with E-state index in [-0.39, 0.29) is 12.1 Å². The summed E-state index contributed by atoms with van der Waals surface area (Å²) in [5, 5.41) is 12.7. The maximum Gasteiger partial charge on any atom is 0.119 e. The molecule has 0 saturated heterocycles. The first kappa shape index (κ1) is 13.0. The Morgan fingerprint density at radius 3 is 2.31 bits per heavy atom. The largest absolute Gasteiger partial charge is 0.494 e. The molecule has 1 atom stereocenters. The van der Waals surface area contributed by atoms with Crippen molar-refractivity contribution in [2.75, 3.05) is 19.8 Å². The van der Waals surface area contributed by atoms with Gasteiger partial charge < -0.3 is 15.2 Å². The second-order valence-electron chi connectivity index (χ2n) is 3.98. The average Bonchev–Trinajstić information content (AvgIpc) is 2.30. The van der Waals surface area contributed by atoms with Gasteiger partial charge in [-0.2, -0.15) is 0 Å². The summed E-state index contributed by atoms with van der Waals surface area (Å²) in [5.41, 5.74) is 0.694. The minimum Gasteiger partial charge on any atom is -0.494 e. The minimum absolute atomic E-state index is 0.0782. The van der Waals surface area contributed by atoms with Crippen LogP contribution in [0.3, 0.4) is 0 Å². The second-order valence-corrected chi connectivity index (χ2v) is 3.98. The molecule has 2 N–H and O–H groups in total. The minimum atomic E-state index is -0.376. The quantitative estimate of drug-likeness (QED) is 0.774. The maximum atomic E-state index is 9.45. The number of hydrogen-bond donors (Lipinski definition) is 2. The van der Waals surface area contributed by atoms with Crippen LogP contribution in [0.25, 0.3) is 0 Å². The Hall–Kier alpha value is -1.06. The van der Waals surface area contributed by atoms with Crippen molar-refractivity contribution < 1.29 is 9.84 Å². The van der Waals surface area contributed by atoms with Crippen molar-refractivity contribution in [1.82, 2.24) is 5.32 Å². The summed E-state index contributed by atoms with van der Waals surface area (Å²) in [5.74, 6) is 0.864. The Bertz CT molecular complexity index is 310. The highest BCUT2D eigenvalue weighted by Gasteiger charge is 2.24. The van der Waals surface area contributed by atoms with E-state index in [9.17, 15) is 5.11 Å². The Labute approximate surface area is 97.4 Å². The fourth-order valence-electron chi connectivity index (χ4n) is 1.73. The van der Waals surface area contributed by atoms with E-state index >= 15 is 0 Å². The fourth-order valence-corrected chi connectivity index (χ4v) is 1.73. The third-order valence-corrected chi connectivity index (χ3v) is 2.69. The van der Waals surface area contributed by atoms with Gasteiger partial charge in [0.05, 0.1) is 18.8 Å². The lowest BCUT2D eigenvalue weighted by Gasteiger charge is -2.29. The first-order valence-corrected chi connectivity index (χ1v) is 5.75. The first-order valence-electron chi connectivity index (χ1n) is 5.75. The Balaban J connectivity index is 2.85. The monoisotopic (exact) mass is 223 g/mol. The van der Waals surface area contributed by atoms with Crippen LogP contribution in [0.15, 0.2) is 24.3 Å². The highest BCUT2D eigenvalue weighted by molar-refractivity contribution is 5.31. The van der Waals surface area contributed by atoms with Crippen LogP contribution >= 0.6 is 0 Å². The highest BCUT2D eigenvalue weighted by atomic mass is 16.5. The Morgan fingerprint density at radius 2 is 1.88 bits per heavy atom. The van der Waals surface area contributed by atoms with Crippen molar-refractivity contribution in [3.63, 3.8) is 0 Å². The number of aliphatic hydroxyl groups is 1. The molecule has 16 heavy (non-hydrogen) atoms. The molecule has 0 aromatic heterocycles. The predicted octanol–water partition coefficient (Wildman–Crippen LogP) is 1.90. The van der Waals surface area contributed by atoms with Crippen LogP contribution in [0.4, 0.5) is 0 Å². The molecule has 3 heteroatoms. The maximum absolute atomic E-state index is 9.45. The smallest absolute Gasteiger partial charge is 0.119 e. The van der Waals surface area contributed by atoms with Gasteiger partial charge in [0, 0.05) is 0 Å². The van der Waals surface area contributed by atoms with Gasteiger partial charge in [0.1, 0.15) is 5.75 Å². The molecule has 0 radical (unpaired) electrons. The third kappa shape index (κ3) is 2.97. The lowest BCUT2D eigenvalue weighted by molar-refractivity contribution is 0.177. The van der Waals surface area contributed by atoms with E-state index in [4.69, 9.17) is 4.74 Å². The van der Waals surface area contributed by atoms with Crippen molar-refractivity contribution in [2.24, 2.45) is 0 Å². The number of nitrogens with one attached hydrogen (secondary N) is 1. The first-order chi connectivity index (χ1) is 7.66. The Morgan fingerprint density at radius 1 is 1.25 bits per heavy atom. The van der Waals surface area contributed by atoms with Crippen LogP contribution < -0.4 is 10.1 Å². The van der Waals surface area contributed by atoms with Crippen molar-refractivity contribution in [3.8, 4) is 5.75 Å². The summed E-state index contributed by atoms with van der Waals surface area (Å²) in [6.45, 7) is 7.56. The zero-order chi connectivity index (χ0) is 12.0. The number of benzene rings is 1. The molecule has 0 aliphatic rings. The molecule has 0 heterocycles. The second kappa shape index (κ2) is 5.87. The van der Waals surface area contributed by atoms with Crippen LogP contribution in [0.1, 0.15) is 26.3 Å². The van der Waals surface area contributed by atoms with Crippen LogP contribution in [0.5, 0.6) is 5.75 Å². The standard InChI is InChI=1S/C13H21NO2/c1-4-14-13(3,10-15)11-6-8-12(9-7-11)16-5-2/h6-9,14-15H,4-5,10H2,1-3H3. The predicted molar refractivity (Wildman–Crippen MR) is 65.7 cm³/mol. The number of rotatable bonds is 6. The molecule has 0 spiro atoms. The van der Waals surface area contributed by atoms with Gasteiger partial charge in [0.2, 0.25) is 0 Å². The normalized spacial score (nSPS) is 14.5. The fraction of sp³-hybridized carbons (Fsp3) is 0.538. The van der Waals surface area contributed by atoms with E-state index in [2.05, 4.69) is 5.32 Å². The molecular weight excluding hydrogens is 202 g/mol. The summed E-state index contributed by atoms with van der Waals surface area (Å²) >= 11 is 0. The van der Waals surface area contributed by atoms with E-state index in [0.29, 0.717) is 6.61 Å². The number of ether oxygens (including phenoxy) is 1. The van der Waals surface area contributed by atoms with Crippen LogP contribution in [-0.4, -0.2) is 24.9 Å². The number of aliphatic hydroxyl groups excluding tert-OH is 1. The molecule has 90 valence electrons. The summed E-state index contributed by atoms with van der Waals surface area (Å²) in [4.78, 5) is 0. The van der Waals surface area contributed by atoms with Gasteiger partial charge in [-0.25, -0.2) is 0 Å². The highest BCUT2D eigenvalue weighted by Crippen LogP contribution is 2.22. The molecule has 1 aromatic rings. The average molecular weight is 223 g/mol. The van der Waals surface area contributed by atoms with Gasteiger partial charge in [-0.3, -0.25) is 0 Å². The number of hydrogen-bond acceptors (Lipinski definition) is 3. The molecule has 0 saturated carbocycles. The zero-order valence-electron chi connectivity index (χ0n) is 10.3. The third-order valence-electron chi connectivity index (χ3n) is 2.69. The molecule has 0 bridgehead atoms. The van der Waals surface area contributed by atoms with Crippen molar-refractivity contribution >= 4 is 0 Å². The van der Waals surface area contributed by atoms with Gasteiger partial charge in [-0.05, 0) is 38.1 Å². The Kier molecular flexibility index (Phi) is 4.77. The van der Waals surface area contributed by atoms with Gasteiger partial charge >= 0.3 is 0 Å². The van der Waals surface area contributed by atoms with Crippen molar-refractivity contribution in [3.05, 3.63) is 29.8 Å². The SMILES string of the molecule is CCNC(C)(CO)c1ccc(OCC)cc1. The van der Waals surface area contributed by atoms with E-state index in [0.717, 1.165) is 17.9 Å². The summed E-state index contributed by atoms with van der Waals surface area (Å²) in [6, 6.07) is 7.85. The van der Waals surface area contributed by atoms with Crippen LogP contribution in [-0.2, 0) is 5.54 Å². The molecule has 0 aliphatic carbocycles.